The molecule has 0 heterocycles. The number of hydrogen-bond donors (Lipinski definition) is 3. The summed E-state index contributed by atoms with van der Waals surface area (Å²) in [7, 11) is 0. The lowest BCUT2D eigenvalue weighted by Gasteiger charge is -2.41. The lowest BCUT2D eigenvalue weighted by molar-refractivity contribution is -0.0345. The number of allylic oxidation sites excluding steroid dienone is 2. The monoisotopic (exact) mass is 228 g/mol. The molecule has 1 rings (SSSR count). The van der Waals surface area contributed by atoms with Gasteiger partial charge in [0.15, 0.2) is 0 Å². The molecule has 94 valence electrons. The minimum absolute atomic E-state index is 0.131. The molecule has 1 aliphatic rings. The highest BCUT2D eigenvalue weighted by Gasteiger charge is 2.40. The summed E-state index contributed by atoms with van der Waals surface area (Å²) in [6, 6.07) is 0. The molecule has 0 bridgehead atoms. The molecule has 3 heteroatoms. The third kappa shape index (κ3) is 2.47. The van der Waals surface area contributed by atoms with E-state index in [9.17, 15) is 15.3 Å². The Morgan fingerprint density at radius 3 is 2.12 bits per heavy atom. The van der Waals surface area contributed by atoms with Crippen molar-refractivity contribution in [1.29, 1.82) is 0 Å². The fourth-order valence-corrected chi connectivity index (χ4v) is 2.77. The molecular weight excluding hydrogens is 204 g/mol. The van der Waals surface area contributed by atoms with Crippen molar-refractivity contribution in [2.45, 2.75) is 39.5 Å². The normalized spacial score (nSPS) is 22.3. The van der Waals surface area contributed by atoms with Crippen molar-refractivity contribution in [2.24, 2.45) is 11.3 Å². The molecule has 0 spiro atoms. The zero-order valence-electron chi connectivity index (χ0n) is 10.4. The summed E-state index contributed by atoms with van der Waals surface area (Å²) < 4.78 is 0. The van der Waals surface area contributed by atoms with E-state index in [2.05, 4.69) is 13.8 Å². The number of rotatable bonds is 4. The maximum Gasteiger partial charge on any atom is 0.0537 e. The van der Waals surface area contributed by atoms with Crippen LogP contribution < -0.4 is 0 Å². The Balaban J connectivity index is 3.02. The van der Waals surface area contributed by atoms with E-state index in [1.165, 1.54) is 17.6 Å². The smallest absolute Gasteiger partial charge is 0.0537 e. The van der Waals surface area contributed by atoms with E-state index in [1.54, 1.807) is 0 Å². The first-order valence-electron chi connectivity index (χ1n) is 6.10. The molecule has 0 saturated heterocycles. The minimum atomic E-state index is -0.743. The van der Waals surface area contributed by atoms with Gasteiger partial charge in [0, 0.05) is 5.41 Å². The quantitative estimate of drug-likeness (QED) is 0.639. The highest BCUT2D eigenvalue weighted by atomic mass is 16.3. The molecule has 1 unspecified atom stereocenters. The summed E-state index contributed by atoms with van der Waals surface area (Å²) in [5.74, 6) is 0.131. The molecule has 0 radical (unpaired) electrons. The van der Waals surface area contributed by atoms with Crippen molar-refractivity contribution < 1.29 is 15.3 Å². The van der Waals surface area contributed by atoms with Crippen LogP contribution >= 0.6 is 0 Å². The van der Waals surface area contributed by atoms with E-state index in [-0.39, 0.29) is 25.7 Å². The van der Waals surface area contributed by atoms with Gasteiger partial charge in [-0.05, 0) is 39.0 Å². The van der Waals surface area contributed by atoms with Gasteiger partial charge >= 0.3 is 0 Å². The van der Waals surface area contributed by atoms with Crippen LogP contribution in [0.3, 0.4) is 0 Å². The van der Waals surface area contributed by atoms with Gasteiger partial charge in [-0.15, -0.1) is 0 Å². The van der Waals surface area contributed by atoms with Gasteiger partial charge in [0.05, 0.1) is 19.8 Å². The van der Waals surface area contributed by atoms with Gasteiger partial charge < -0.3 is 15.3 Å². The summed E-state index contributed by atoms with van der Waals surface area (Å²) in [4.78, 5) is 0. The Morgan fingerprint density at radius 1 is 1.12 bits per heavy atom. The van der Waals surface area contributed by atoms with Crippen molar-refractivity contribution in [1.82, 2.24) is 0 Å². The molecule has 1 saturated carbocycles. The van der Waals surface area contributed by atoms with Crippen LogP contribution in [-0.4, -0.2) is 35.1 Å². The molecule has 3 nitrogen and oxygen atoms in total. The predicted octanol–water partition coefficient (Wildman–Crippen LogP) is 1.48. The standard InChI is InChI=1S/C13H24O3/c1-10(2)11-5-3-4-6-12(11)13(7-14,8-15)9-16/h12,14-16H,3-9H2,1-2H3. The van der Waals surface area contributed by atoms with Crippen LogP contribution in [0.5, 0.6) is 0 Å². The molecule has 3 N–H and O–H groups in total. The number of aliphatic hydroxyl groups excluding tert-OH is 3. The predicted molar refractivity (Wildman–Crippen MR) is 64.0 cm³/mol. The summed E-state index contributed by atoms with van der Waals surface area (Å²) >= 11 is 0. The van der Waals surface area contributed by atoms with Crippen molar-refractivity contribution in [3.05, 3.63) is 11.1 Å². The molecule has 1 aliphatic carbocycles. The van der Waals surface area contributed by atoms with Crippen LogP contribution in [0.2, 0.25) is 0 Å². The van der Waals surface area contributed by atoms with Crippen molar-refractivity contribution in [3.63, 3.8) is 0 Å². The van der Waals surface area contributed by atoms with Crippen molar-refractivity contribution in [3.8, 4) is 0 Å². The first-order chi connectivity index (χ1) is 7.61. The van der Waals surface area contributed by atoms with Gasteiger partial charge in [0.25, 0.3) is 0 Å². The molecule has 0 aromatic heterocycles. The highest BCUT2D eigenvalue weighted by molar-refractivity contribution is 5.19. The van der Waals surface area contributed by atoms with Gasteiger partial charge in [0.1, 0.15) is 0 Å². The largest absolute Gasteiger partial charge is 0.396 e. The van der Waals surface area contributed by atoms with Gasteiger partial charge in [-0.25, -0.2) is 0 Å². The minimum Gasteiger partial charge on any atom is -0.396 e. The van der Waals surface area contributed by atoms with Crippen LogP contribution in [0.25, 0.3) is 0 Å². The van der Waals surface area contributed by atoms with E-state index < -0.39 is 5.41 Å². The summed E-state index contributed by atoms with van der Waals surface area (Å²) in [5, 5.41) is 28.5. The Hall–Kier alpha value is -0.380. The lowest BCUT2D eigenvalue weighted by atomic mass is 9.66. The molecule has 1 atom stereocenters. The molecule has 16 heavy (non-hydrogen) atoms. The molecule has 0 amide bonds. The molecule has 1 fully saturated rings. The molecule has 0 aliphatic heterocycles. The first kappa shape index (κ1) is 13.7. The molecule has 0 aromatic rings. The second-order valence-corrected chi connectivity index (χ2v) is 5.16. The highest BCUT2D eigenvalue weighted by Crippen LogP contribution is 2.42. The fourth-order valence-electron chi connectivity index (χ4n) is 2.77. The maximum absolute atomic E-state index is 9.49. The van der Waals surface area contributed by atoms with Gasteiger partial charge in [-0.2, -0.15) is 0 Å². The summed E-state index contributed by atoms with van der Waals surface area (Å²) in [5.41, 5.74) is 1.85. The second kappa shape index (κ2) is 5.80. The van der Waals surface area contributed by atoms with Crippen LogP contribution in [0.4, 0.5) is 0 Å². The average Bonchev–Trinajstić information content (AvgIpc) is 2.32. The Morgan fingerprint density at radius 2 is 1.69 bits per heavy atom. The number of hydrogen-bond acceptors (Lipinski definition) is 3. The van der Waals surface area contributed by atoms with Crippen molar-refractivity contribution >= 4 is 0 Å². The van der Waals surface area contributed by atoms with E-state index in [0.29, 0.717) is 0 Å². The summed E-state index contributed by atoms with van der Waals surface area (Å²) in [6.07, 6.45) is 4.29. The molecular formula is C13H24O3. The average molecular weight is 228 g/mol. The van der Waals surface area contributed by atoms with Crippen LogP contribution in [-0.2, 0) is 0 Å². The third-order valence-electron chi connectivity index (χ3n) is 3.94. The third-order valence-corrected chi connectivity index (χ3v) is 3.94. The topological polar surface area (TPSA) is 60.7 Å². The second-order valence-electron chi connectivity index (χ2n) is 5.16. The van der Waals surface area contributed by atoms with Gasteiger partial charge in [-0.1, -0.05) is 17.6 Å². The Bertz CT molecular complexity index is 242. The van der Waals surface area contributed by atoms with E-state index in [4.69, 9.17) is 0 Å². The van der Waals surface area contributed by atoms with Crippen LogP contribution in [0, 0.1) is 11.3 Å². The lowest BCUT2D eigenvalue weighted by Crippen LogP contribution is -2.43. The van der Waals surface area contributed by atoms with E-state index >= 15 is 0 Å². The SMILES string of the molecule is CC(C)=C1CCCCC1C(CO)(CO)CO. The fraction of sp³-hybridized carbons (Fsp3) is 0.846. The zero-order valence-corrected chi connectivity index (χ0v) is 10.4. The molecule has 0 aromatic carbocycles. The number of aliphatic hydroxyl groups is 3. The maximum atomic E-state index is 9.49. The Kier molecular flexibility index (Phi) is 4.96. The Labute approximate surface area is 97.8 Å². The zero-order chi connectivity index (χ0) is 12.2. The van der Waals surface area contributed by atoms with Gasteiger partial charge in [0.2, 0.25) is 0 Å². The van der Waals surface area contributed by atoms with E-state index in [0.717, 1.165) is 19.3 Å². The van der Waals surface area contributed by atoms with Crippen molar-refractivity contribution in [2.75, 3.05) is 19.8 Å². The van der Waals surface area contributed by atoms with Crippen LogP contribution in [0.1, 0.15) is 39.5 Å². The van der Waals surface area contributed by atoms with Gasteiger partial charge in [-0.3, -0.25) is 0 Å². The van der Waals surface area contributed by atoms with Crippen LogP contribution in [0.15, 0.2) is 11.1 Å². The summed E-state index contributed by atoms with van der Waals surface area (Å²) in [6.45, 7) is 3.69. The van der Waals surface area contributed by atoms with E-state index in [1.807, 2.05) is 0 Å². The first-order valence-corrected chi connectivity index (χ1v) is 6.10.